The first kappa shape index (κ1) is 15.8. The molecule has 1 heterocycles. The molecule has 116 valence electrons. The fourth-order valence-electron chi connectivity index (χ4n) is 2.66. The fourth-order valence-corrected chi connectivity index (χ4v) is 2.66. The minimum absolute atomic E-state index is 0.0492. The molecule has 2 amide bonds. The molecule has 0 aliphatic carbocycles. The van der Waals surface area contributed by atoms with E-state index in [4.69, 9.17) is 4.74 Å². The molecule has 1 aromatic carbocycles. The SMILES string of the molecule is CCCNC(COC)CN1C(=O)N(C)Cc2ccccc21. The van der Waals surface area contributed by atoms with Gasteiger partial charge in [0.2, 0.25) is 0 Å². The van der Waals surface area contributed by atoms with E-state index in [0.29, 0.717) is 19.7 Å². The summed E-state index contributed by atoms with van der Waals surface area (Å²) in [7, 11) is 3.54. The smallest absolute Gasteiger partial charge is 0.324 e. The molecule has 5 nitrogen and oxygen atoms in total. The van der Waals surface area contributed by atoms with Gasteiger partial charge in [0, 0.05) is 33.3 Å². The van der Waals surface area contributed by atoms with Crippen molar-refractivity contribution >= 4 is 11.7 Å². The van der Waals surface area contributed by atoms with Gasteiger partial charge in [0.25, 0.3) is 0 Å². The van der Waals surface area contributed by atoms with Crippen LogP contribution in [0.15, 0.2) is 24.3 Å². The molecule has 1 aromatic rings. The van der Waals surface area contributed by atoms with Crippen molar-refractivity contribution in [3.8, 4) is 0 Å². The van der Waals surface area contributed by atoms with E-state index in [0.717, 1.165) is 18.7 Å². The Morgan fingerprint density at radius 1 is 1.38 bits per heavy atom. The van der Waals surface area contributed by atoms with Gasteiger partial charge in [0.05, 0.1) is 12.3 Å². The van der Waals surface area contributed by atoms with Gasteiger partial charge in [0.1, 0.15) is 0 Å². The summed E-state index contributed by atoms with van der Waals surface area (Å²) in [6, 6.07) is 8.28. The molecular formula is C16H25N3O2. The molecule has 0 fully saturated rings. The first-order chi connectivity index (χ1) is 10.2. The summed E-state index contributed by atoms with van der Waals surface area (Å²) in [5, 5.41) is 3.45. The Kier molecular flexibility index (Phi) is 5.59. The second-order valence-electron chi connectivity index (χ2n) is 5.48. The number of urea groups is 1. The van der Waals surface area contributed by atoms with Crippen molar-refractivity contribution in [1.82, 2.24) is 10.2 Å². The number of hydrogen-bond acceptors (Lipinski definition) is 3. The van der Waals surface area contributed by atoms with Crippen molar-refractivity contribution in [3.05, 3.63) is 29.8 Å². The van der Waals surface area contributed by atoms with Crippen LogP contribution in [0.4, 0.5) is 10.5 Å². The van der Waals surface area contributed by atoms with Crippen LogP contribution in [0.3, 0.4) is 0 Å². The zero-order valence-corrected chi connectivity index (χ0v) is 13.1. The van der Waals surface area contributed by atoms with Crippen molar-refractivity contribution in [2.24, 2.45) is 0 Å². The van der Waals surface area contributed by atoms with E-state index >= 15 is 0 Å². The maximum atomic E-state index is 12.5. The standard InChI is InChI=1S/C16H25N3O2/c1-4-9-17-14(12-21-3)11-19-15-8-6-5-7-13(15)10-18(2)16(19)20/h5-8,14,17H,4,9-12H2,1-3H3. The lowest BCUT2D eigenvalue weighted by Crippen LogP contribution is -2.52. The van der Waals surface area contributed by atoms with Crippen molar-refractivity contribution < 1.29 is 9.53 Å². The fraction of sp³-hybridized carbons (Fsp3) is 0.562. The summed E-state index contributed by atoms with van der Waals surface area (Å²) in [6.07, 6.45) is 1.06. The molecule has 1 unspecified atom stereocenters. The number of nitrogens with zero attached hydrogens (tertiary/aromatic N) is 2. The number of para-hydroxylation sites is 1. The molecule has 0 aromatic heterocycles. The minimum atomic E-state index is 0.0492. The maximum absolute atomic E-state index is 12.5. The minimum Gasteiger partial charge on any atom is -0.383 e. The van der Waals surface area contributed by atoms with Crippen LogP contribution < -0.4 is 10.2 Å². The number of carbonyl (C=O) groups excluding carboxylic acids is 1. The monoisotopic (exact) mass is 291 g/mol. The molecule has 2 rings (SSSR count). The first-order valence-electron chi connectivity index (χ1n) is 7.50. The van der Waals surface area contributed by atoms with Crippen molar-refractivity contribution in [3.63, 3.8) is 0 Å². The predicted octanol–water partition coefficient (Wildman–Crippen LogP) is 2.07. The van der Waals surface area contributed by atoms with Gasteiger partial charge in [-0.15, -0.1) is 0 Å². The summed E-state index contributed by atoms with van der Waals surface area (Å²) in [4.78, 5) is 16.1. The lowest BCUT2D eigenvalue weighted by atomic mass is 10.1. The van der Waals surface area contributed by atoms with Crippen LogP contribution in [-0.4, -0.2) is 50.8 Å². The molecule has 21 heavy (non-hydrogen) atoms. The third-order valence-electron chi connectivity index (χ3n) is 3.70. The Bertz CT molecular complexity index is 478. The number of ether oxygens (including phenoxy) is 1. The number of anilines is 1. The Morgan fingerprint density at radius 3 is 2.86 bits per heavy atom. The van der Waals surface area contributed by atoms with Gasteiger partial charge < -0.3 is 15.0 Å². The Labute approximate surface area is 126 Å². The third kappa shape index (κ3) is 3.74. The van der Waals surface area contributed by atoms with Crippen LogP contribution in [0.2, 0.25) is 0 Å². The van der Waals surface area contributed by atoms with E-state index in [-0.39, 0.29) is 12.1 Å². The third-order valence-corrected chi connectivity index (χ3v) is 3.70. The second kappa shape index (κ2) is 7.43. The number of nitrogens with one attached hydrogen (secondary N) is 1. The van der Waals surface area contributed by atoms with Crippen LogP contribution in [0.25, 0.3) is 0 Å². The average Bonchev–Trinajstić information content (AvgIpc) is 2.49. The molecule has 1 aliphatic rings. The molecular weight excluding hydrogens is 266 g/mol. The number of benzene rings is 1. The maximum Gasteiger partial charge on any atom is 0.324 e. The molecule has 0 spiro atoms. The number of hydrogen-bond donors (Lipinski definition) is 1. The van der Waals surface area contributed by atoms with Gasteiger partial charge in [-0.3, -0.25) is 4.90 Å². The molecule has 1 N–H and O–H groups in total. The lowest BCUT2D eigenvalue weighted by molar-refractivity contribution is 0.165. The summed E-state index contributed by atoms with van der Waals surface area (Å²) in [5.41, 5.74) is 2.20. The summed E-state index contributed by atoms with van der Waals surface area (Å²) < 4.78 is 5.28. The van der Waals surface area contributed by atoms with E-state index in [1.165, 1.54) is 5.56 Å². The molecule has 0 saturated heterocycles. The summed E-state index contributed by atoms with van der Waals surface area (Å²) in [6.45, 7) is 4.94. The number of carbonyl (C=O) groups is 1. The Hall–Kier alpha value is -1.59. The van der Waals surface area contributed by atoms with E-state index < -0.39 is 0 Å². The molecule has 0 radical (unpaired) electrons. The van der Waals surface area contributed by atoms with E-state index in [9.17, 15) is 4.79 Å². The molecule has 1 aliphatic heterocycles. The molecule has 0 saturated carbocycles. The van der Waals surface area contributed by atoms with Crippen LogP contribution in [0, 0.1) is 0 Å². The summed E-state index contributed by atoms with van der Waals surface area (Å²) in [5.74, 6) is 0. The molecule has 0 bridgehead atoms. The van der Waals surface area contributed by atoms with Crippen LogP contribution in [0.1, 0.15) is 18.9 Å². The van der Waals surface area contributed by atoms with Crippen LogP contribution in [-0.2, 0) is 11.3 Å². The quantitative estimate of drug-likeness (QED) is 0.836. The van der Waals surface area contributed by atoms with Gasteiger partial charge in [-0.05, 0) is 24.6 Å². The summed E-state index contributed by atoms with van der Waals surface area (Å²) >= 11 is 0. The van der Waals surface area contributed by atoms with Gasteiger partial charge in [-0.1, -0.05) is 25.1 Å². The molecule has 1 atom stereocenters. The van der Waals surface area contributed by atoms with Gasteiger partial charge >= 0.3 is 6.03 Å². The van der Waals surface area contributed by atoms with Gasteiger partial charge in [0.15, 0.2) is 0 Å². The topological polar surface area (TPSA) is 44.8 Å². The largest absolute Gasteiger partial charge is 0.383 e. The van der Waals surface area contributed by atoms with E-state index in [1.54, 1.807) is 12.0 Å². The zero-order chi connectivity index (χ0) is 15.2. The van der Waals surface area contributed by atoms with Crippen molar-refractivity contribution in [1.29, 1.82) is 0 Å². The lowest BCUT2D eigenvalue weighted by Gasteiger charge is -2.37. The predicted molar refractivity (Wildman–Crippen MR) is 84.6 cm³/mol. The number of methoxy groups -OCH3 is 1. The zero-order valence-electron chi connectivity index (χ0n) is 13.1. The number of amides is 2. The Morgan fingerprint density at radius 2 is 2.14 bits per heavy atom. The van der Waals surface area contributed by atoms with Crippen molar-refractivity contribution in [2.75, 3.05) is 38.8 Å². The number of rotatable bonds is 7. The number of fused-ring (bicyclic) bond motifs is 1. The average molecular weight is 291 g/mol. The Balaban J connectivity index is 2.17. The van der Waals surface area contributed by atoms with Gasteiger partial charge in [-0.25, -0.2) is 4.79 Å². The highest BCUT2D eigenvalue weighted by molar-refractivity contribution is 5.94. The highest BCUT2D eigenvalue weighted by Gasteiger charge is 2.29. The van der Waals surface area contributed by atoms with Crippen LogP contribution in [0.5, 0.6) is 0 Å². The van der Waals surface area contributed by atoms with E-state index in [2.05, 4.69) is 18.3 Å². The molecule has 5 heteroatoms. The van der Waals surface area contributed by atoms with Crippen LogP contribution >= 0.6 is 0 Å². The second-order valence-corrected chi connectivity index (χ2v) is 5.48. The van der Waals surface area contributed by atoms with Crippen molar-refractivity contribution in [2.45, 2.75) is 25.9 Å². The van der Waals surface area contributed by atoms with Gasteiger partial charge in [-0.2, -0.15) is 0 Å². The normalized spacial score (nSPS) is 16.0. The first-order valence-corrected chi connectivity index (χ1v) is 7.50. The van der Waals surface area contributed by atoms with E-state index in [1.807, 2.05) is 30.1 Å². The highest BCUT2D eigenvalue weighted by Crippen LogP contribution is 2.27. The highest BCUT2D eigenvalue weighted by atomic mass is 16.5.